The number of carbonyl (C=O) groups is 1. The number of amides is 1. The molecule has 0 saturated carbocycles. The average molecular weight is 408 g/mol. The van der Waals surface area contributed by atoms with E-state index in [4.69, 9.17) is 4.52 Å². The number of nitrogens with zero attached hydrogens (tertiary/aromatic N) is 4. The fourth-order valence-electron chi connectivity index (χ4n) is 1.94. The molecule has 27 heavy (non-hydrogen) atoms. The number of aryl methyl sites for hydroxylation is 1. The lowest BCUT2D eigenvalue weighted by molar-refractivity contribution is -0.115. The summed E-state index contributed by atoms with van der Waals surface area (Å²) in [5, 5.41) is 13.6. The molecule has 142 valence electrons. The number of hydrogen-bond donors (Lipinski definition) is 2. The SMILES string of the molecule is CCC(=O)Nc1nnc(S(=O)(=O)NCc2nc(-c3ccc(C)cc3)no2)s1. The highest BCUT2D eigenvalue weighted by atomic mass is 32.2. The van der Waals surface area contributed by atoms with E-state index in [-0.39, 0.29) is 34.2 Å². The van der Waals surface area contributed by atoms with Crippen molar-refractivity contribution in [2.24, 2.45) is 0 Å². The molecule has 3 rings (SSSR count). The van der Waals surface area contributed by atoms with E-state index in [1.165, 1.54) is 0 Å². The molecule has 0 bridgehead atoms. The zero-order valence-electron chi connectivity index (χ0n) is 14.5. The van der Waals surface area contributed by atoms with Crippen LogP contribution in [0.1, 0.15) is 24.8 Å². The van der Waals surface area contributed by atoms with Gasteiger partial charge in [0.25, 0.3) is 10.0 Å². The maximum atomic E-state index is 12.3. The summed E-state index contributed by atoms with van der Waals surface area (Å²) in [6, 6.07) is 7.53. The molecule has 0 aliphatic carbocycles. The first-order chi connectivity index (χ1) is 12.9. The topological polar surface area (TPSA) is 140 Å². The highest BCUT2D eigenvalue weighted by Crippen LogP contribution is 2.20. The van der Waals surface area contributed by atoms with Crippen molar-refractivity contribution in [3.05, 3.63) is 35.7 Å². The van der Waals surface area contributed by atoms with Crippen molar-refractivity contribution in [3.8, 4) is 11.4 Å². The number of sulfonamides is 1. The highest BCUT2D eigenvalue weighted by molar-refractivity contribution is 7.91. The molecule has 10 nitrogen and oxygen atoms in total. The van der Waals surface area contributed by atoms with Gasteiger partial charge in [-0.15, -0.1) is 10.2 Å². The highest BCUT2D eigenvalue weighted by Gasteiger charge is 2.22. The zero-order chi connectivity index (χ0) is 19.4. The van der Waals surface area contributed by atoms with E-state index in [1.54, 1.807) is 6.92 Å². The smallest absolute Gasteiger partial charge is 0.270 e. The van der Waals surface area contributed by atoms with Crippen LogP contribution in [-0.4, -0.2) is 34.7 Å². The average Bonchev–Trinajstić information content (AvgIpc) is 3.30. The van der Waals surface area contributed by atoms with Crippen molar-refractivity contribution < 1.29 is 17.7 Å². The summed E-state index contributed by atoms with van der Waals surface area (Å²) in [5.41, 5.74) is 1.86. The lowest BCUT2D eigenvalue weighted by Crippen LogP contribution is -2.23. The van der Waals surface area contributed by atoms with Gasteiger partial charge in [-0.25, -0.2) is 8.42 Å². The Labute approximate surface area is 159 Å². The molecule has 0 atom stereocenters. The van der Waals surface area contributed by atoms with Crippen LogP contribution in [0.25, 0.3) is 11.4 Å². The molecule has 0 fully saturated rings. The van der Waals surface area contributed by atoms with Gasteiger partial charge in [-0.05, 0) is 6.92 Å². The first-order valence-electron chi connectivity index (χ1n) is 7.90. The van der Waals surface area contributed by atoms with E-state index in [0.717, 1.165) is 22.5 Å². The zero-order valence-corrected chi connectivity index (χ0v) is 16.1. The second-order valence-electron chi connectivity index (χ2n) is 5.48. The van der Waals surface area contributed by atoms with Gasteiger partial charge in [-0.1, -0.05) is 53.2 Å². The summed E-state index contributed by atoms with van der Waals surface area (Å²) in [6.45, 7) is 3.44. The molecule has 0 saturated heterocycles. The van der Waals surface area contributed by atoms with Gasteiger partial charge in [0.1, 0.15) is 0 Å². The molecule has 2 aromatic heterocycles. The van der Waals surface area contributed by atoms with Crippen molar-refractivity contribution in [1.82, 2.24) is 25.1 Å². The summed E-state index contributed by atoms with van der Waals surface area (Å²) in [5.74, 6) is 0.195. The molecule has 0 unspecified atom stereocenters. The number of rotatable bonds is 7. The van der Waals surface area contributed by atoms with Crippen LogP contribution in [0.15, 0.2) is 33.1 Å². The summed E-state index contributed by atoms with van der Waals surface area (Å²) in [6.07, 6.45) is 0.250. The number of hydrogen-bond acceptors (Lipinski definition) is 9. The van der Waals surface area contributed by atoms with Crippen LogP contribution in [0.2, 0.25) is 0 Å². The normalized spacial score (nSPS) is 11.5. The van der Waals surface area contributed by atoms with Gasteiger partial charge in [-0.3, -0.25) is 4.79 Å². The monoisotopic (exact) mass is 408 g/mol. The van der Waals surface area contributed by atoms with Crippen molar-refractivity contribution in [3.63, 3.8) is 0 Å². The lowest BCUT2D eigenvalue weighted by Gasteiger charge is -1.99. The third-order valence-corrected chi connectivity index (χ3v) is 6.00. The minimum atomic E-state index is -3.93. The number of anilines is 1. The van der Waals surface area contributed by atoms with Crippen LogP contribution in [0.3, 0.4) is 0 Å². The van der Waals surface area contributed by atoms with E-state index in [9.17, 15) is 13.2 Å². The van der Waals surface area contributed by atoms with Gasteiger partial charge in [0.2, 0.25) is 27.1 Å². The molecule has 12 heteroatoms. The Morgan fingerprint density at radius 3 is 2.67 bits per heavy atom. The first-order valence-corrected chi connectivity index (χ1v) is 10.2. The van der Waals surface area contributed by atoms with Crippen LogP contribution in [-0.2, 0) is 21.4 Å². The van der Waals surface area contributed by atoms with E-state index < -0.39 is 10.0 Å². The minimum Gasteiger partial charge on any atom is -0.338 e. The van der Waals surface area contributed by atoms with Gasteiger partial charge < -0.3 is 9.84 Å². The Morgan fingerprint density at radius 1 is 1.22 bits per heavy atom. The molecular weight excluding hydrogens is 392 g/mol. The van der Waals surface area contributed by atoms with E-state index >= 15 is 0 Å². The second kappa shape index (κ2) is 7.90. The van der Waals surface area contributed by atoms with Gasteiger partial charge >= 0.3 is 0 Å². The largest absolute Gasteiger partial charge is 0.338 e. The molecule has 1 aromatic carbocycles. The van der Waals surface area contributed by atoms with Crippen LogP contribution >= 0.6 is 11.3 Å². The van der Waals surface area contributed by atoms with Crippen LogP contribution in [0, 0.1) is 6.92 Å². The summed E-state index contributed by atoms with van der Waals surface area (Å²) in [7, 11) is -3.93. The van der Waals surface area contributed by atoms with Gasteiger partial charge in [0.15, 0.2) is 0 Å². The predicted octanol–water partition coefficient (Wildman–Crippen LogP) is 1.72. The molecule has 0 aliphatic heterocycles. The van der Waals surface area contributed by atoms with Gasteiger partial charge in [0, 0.05) is 12.0 Å². The van der Waals surface area contributed by atoms with Crippen molar-refractivity contribution in [2.45, 2.75) is 31.2 Å². The maximum absolute atomic E-state index is 12.3. The van der Waals surface area contributed by atoms with Crippen LogP contribution < -0.4 is 10.0 Å². The predicted molar refractivity (Wildman–Crippen MR) is 97.3 cm³/mol. The van der Waals surface area contributed by atoms with E-state index in [1.807, 2.05) is 31.2 Å². The molecule has 2 heterocycles. The number of aromatic nitrogens is 4. The van der Waals surface area contributed by atoms with Gasteiger partial charge in [0.05, 0.1) is 6.54 Å². The number of carbonyl (C=O) groups excluding carboxylic acids is 1. The number of benzene rings is 1. The van der Waals surface area contributed by atoms with E-state index in [0.29, 0.717) is 5.82 Å². The lowest BCUT2D eigenvalue weighted by atomic mass is 10.1. The van der Waals surface area contributed by atoms with Crippen LogP contribution in [0.4, 0.5) is 5.13 Å². The molecule has 3 aromatic rings. The maximum Gasteiger partial charge on any atom is 0.270 e. The third-order valence-electron chi connectivity index (χ3n) is 3.40. The summed E-state index contributed by atoms with van der Waals surface area (Å²) >= 11 is 0.751. The van der Waals surface area contributed by atoms with E-state index in [2.05, 4.69) is 30.4 Å². The Bertz CT molecular complexity index is 1040. The first kappa shape index (κ1) is 19.1. The second-order valence-corrected chi connectivity index (χ2v) is 8.40. The van der Waals surface area contributed by atoms with Crippen LogP contribution in [0.5, 0.6) is 0 Å². The fourth-order valence-corrected chi connectivity index (χ4v) is 3.87. The number of nitrogens with one attached hydrogen (secondary N) is 2. The Balaban J connectivity index is 1.65. The Hall–Kier alpha value is -2.70. The van der Waals surface area contributed by atoms with Crippen molar-refractivity contribution in [2.75, 3.05) is 5.32 Å². The molecule has 0 aliphatic rings. The summed E-state index contributed by atoms with van der Waals surface area (Å²) in [4.78, 5) is 15.5. The molecule has 2 N–H and O–H groups in total. The Morgan fingerprint density at radius 2 is 1.96 bits per heavy atom. The molecule has 0 radical (unpaired) electrons. The van der Waals surface area contributed by atoms with Crippen molar-refractivity contribution >= 4 is 32.4 Å². The molecule has 1 amide bonds. The Kier molecular flexibility index (Phi) is 5.58. The minimum absolute atomic E-state index is 0.109. The van der Waals surface area contributed by atoms with Crippen molar-refractivity contribution in [1.29, 1.82) is 0 Å². The molecular formula is C15H16N6O4S2. The van der Waals surface area contributed by atoms with Gasteiger partial charge in [-0.2, -0.15) is 9.71 Å². The molecule has 0 spiro atoms. The fraction of sp³-hybridized carbons (Fsp3) is 0.267. The quantitative estimate of drug-likeness (QED) is 0.563. The summed E-state index contributed by atoms with van der Waals surface area (Å²) < 4.78 is 31.7. The standard InChI is InChI=1S/C15H16N6O4S2/c1-3-11(22)17-14-19-20-15(26-14)27(23,24)16-8-12-18-13(21-25-12)10-6-4-9(2)5-7-10/h4-7,16H,3,8H2,1-2H3,(H,17,19,22). The third kappa shape index (κ3) is 4.72.